The van der Waals surface area contributed by atoms with E-state index in [1.165, 1.54) is 26.0 Å². The van der Waals surface area contributed by atoms with E-state index in [2.05, 4.69) is 0 Å². The number of carbonyl (C=O) groups excluding carboxylic acids is 3. The number of aliphatic hydroxyl groups is 1. The molecule has 0 aromatic rings. The first-order valence-electron chi connectivity index (χ1n) is 10.9. The molecule has 5 nitrogen and oxygen atoms in total. The molecule has 3 fully saturated rings. The summed E-state index contributed by atoms with van der Waals surface area (Å²) in [7, 11) is 0. The SMILES string of the molecule is CC(=O)O[C@@]1(C(C)=O)CC[C@@H]2[C@H]3C[C@H](C)C4=CC(=O)C=C[C@]4(C)[C@]3(F)[C@@H](O)C[C@@]21C. The number of alkyl halides is 1. The molecule has 0 saturated heterocycles. The number of carbonyl (C=O) groups is 3. The average molecular weight is 419 g/mol. The highest BCUT2D eigenvalue weighted by Gasteiger charge is 2.75. The van der Waals surface area contributed by atoms with Gasteiger partial charge < -0.3 is 9.84 Å². The van der Waals surface area contributed by atoms with Gasteiger partial charge in [-0.2, -0.15) is 0 Å². The van der Waals surface area contributed by atoms with Gasteiger partial charge in [-0.1, -0.05) is 25.5 Å². The van der Waals surface area contributed by atoms with Crippen molar-refractivity contribution in [2.24, 2.45) is 28.6 Å². The number of fused-ring (bicyclic) bond motifs is 5. The highest BCUT2D eigenvalue weighted by Crippen LogP contribution is 2.71. The van der Waals surface area contributed by atoms with E-state index in [1.54, 1.807) is 13.0 Å². The third kappa shape index (κ3) is 2.34. The van der Waals surface area contributed by atoms with Crippen molar-refractivity contribution in [3.05, 3.63) is 23.8 Å². The molecule has 0 spiro atoms. The molecular formula is C24H31FO5. The van der Waals surface area contributed by atoms with Crippen LogP contribution in [0.5, 0.6) is 0 Å². The summed E-state index contributed by atoms with van der Waals surface area (Å²) < 4.78 is 22.8. The smallest absolute Gasteiger partial charge is 0.303 e. The molecule has 4 rings (SSSR count). The van der Waals surface area contributed by atoms with Crippen LogP contribution in [0.3, 0.4) is 0 Å². The van der Waals surface area contributed by atoms with Crippen molar-refractivity contribution in [2.45, 2.75) is 77.7 Å². The Morgan fingerprint density at radius 2 is 1.90 bits per heavy atom. The van der Waals surface area contributed by atoms with Gasteiger partial charge in [-0.3, -0.25) is 14.4 Å². The van der Waals surface area contributed by atoms with Crippen molar-refractivity contribution >= 4 is 17.5 Å². The van der Waals surface area contributed by atoms with E-state index >= 15 is 4.39 Å². The highest BCUT2D eigenvalue weighted by atomic mass is 19.1. The van der Waals surface area contributed by atoms with Gasteiger partial charge >= 0.3 is 5.97 Å². The first kappa shape index (κ1) is 21.4. The van der Waals surface area contributed by atoms with Gasteiger partial charge in [0, 0.05) is 23.7 Å². The molecule has 0 aromatic heterocycles. The standard InChI is InChI=1S/C24H31FO5/c1-13-10-19-17-7-9-23(14(2)26,30-15(3)27)22(17,5)12-20(29)24(19,25)21(4)8-6-16(28)11-18(13)21/h6,8,11,13,17,19-20,29H,7,9-10,12H2,1-5H3/t13-,17+,19+,20-,21-,22-,23+,24+/m0/s1. The van der Waals surface area contributed by atoms with Crippen molar-refractivity contribution in [1.82, 2.24) is 0 Å². The monoisotopic (exact) mass is 418 g/mol. The predicted octanol–water partition coefficient (Wildman–Crippen LogP) is 3.49. The van der Waals surface area contributed by atoms with Gasteiger partial charge in [0.05, 0.1) is 6.10 Å². The molecule has 0 bridgehead atoms. The van der Waals surface area contributed by atoms with Crippen LogP contribution in [-0.4, -0.2) is 40.0 Å². The summed E-state index contributed by atoms with van der Waals surface area (Å²) >= 11 is 0. The molecule has 164 valence electrons. The van der Waals surface area contributed by atoms with E-state index in [4.69, 9.17) is 4.74 Å². The van der Waals surface area contributed by atoms with Gasteiger partial charge in [0.15, 0.2) is 22.8 Å². The second-order valence-corrected chi connectivity index (χ2v) is 10.3. The molecule has 1 N–H and O–H groups in total. The maximum absolute atomic E-state index is 17.1. The number of hydrogen-bond acceptors (Lipinski definition) is 5. The number of rotatable bonds is 2. The Morgan fingerprint density at radius 3 is 2.50 bits per heavy atom. The summed E-state index contributed by atoms with van der Waals surface area (Å²) in [4.78, 5) is 36.7. The van der Waals surface area contributed by atoms with Crippen molar-refractivity contribution in [1.29, 1.82) is 0 Å². The highest BCUT2D eigenvalue weighted by molar-refractivity contribution is 6.01. The van der Waals surface area contributed by atoms with Gasteiger partial charge in [-0.15, -0.1) is 0 Å². The molecule has 6 heteroatoms. The third-order valence-electron chi connectivity index (χ3n) is 8.98. The fourth-order valence-corrected chi connectivity index (χ4v) is 7.65. The summed E-state index contributed by atoms with van der Waals surface area (Å²) in [6.07, 6.45) is 4.58. The minimum atomic E-state index is -1.96. The van der Waals surface area contributed by atoms with E-state index in [-0.39, 0.29) is 29.8 Å². The molecule has 0 radical (unpaired) electrons. The molecule has 4 aliphatic rings. The van der Waals surface area contributed by atoms with Crippen LogP contribution in [0.2, 0.25) is 0 Å². The topological polar surface area (TPSA) is 80.7 Å². The Labute approximate surface area is 176 Å². The third-order valence-corrected chi connectivity index (χ3v) is 8.98. The Kier molecular flexibility index (Phi) is 4.53. The number of allylic oxidation sites excluding steroid dienone is 4. The summed E-state index contributed by atoms with van der Waals surface area (Å²) in [6, 6.07) is 0. The van der Waals surface area contributed by atoms with Crippen LogP contribution in [0, 0.1) is 28.6 Å². The largest absolute Gasteiger partial charge is 0.451 e. The minimum absolute atomic E-state index is 0.0244. The van der Waals surface area contributed by atoms with E-state index in [1.807, 2.05) is 13.8 Å². The fraction of sp³-hybridized carbons (Fsp3) is 0.708. The lowest BCUT2D eigenvalue weighted by atomic mass is 9.43. The number of ether oxygens (including phenoxy) is 1. The van der Waals surface area contributed by atoms with Crippen molar-refractivity contribution < 1.29 is 28.6 Å². The summed E-state index contributed by atoms with van der Waals surface area (Å²) in [5.74, 6) is -1.72. The number of ketones is 2. The van der Waals surface area contributed by atoms with Crippen molar-refractivity contribution in [3.63, 3.8) is 0 Å². The van der Waals surface area contributed by atoms with Crippen LogP contribution in [0.15, 0.2) is 23.8 Å². The molecule has 30 heavy (non-hydrogen) atoms. The molecule has 0 unspecified atom stereocenters. The predicted molar refractivity (Wildman–Crippen MR) is 108 cm³/mol. The Bertz CT molecular complexity index is 892. The first-order valence-corrected chi connectivity index (χ1v) is 10.9. The van der Waals surface area contributed by atoms with Gasteiger partial charge in [-0.25, -0.2) is 4.39 Å². The first-order chi connectivity index (χ1) is 13.8. The van der Waals surface area contributed by atoms with E-state index in [0.717, 1.165) is 5.57 Å². The Balaban J connectivity index is 1.86. The molecule has 0 aliphatic heterocycles. The molecule has 0 amide bonds. The van der Waals surface area contributed by atoms with Crippen LogP contribution in [0.4, 0.5) is 4.39 Å². The summed E-state index contributed by atoms with van der Waals surface area (Å²) in [5.41, 5.74) is -4.52. The molecule has 0 heterocycles. The normalized spacial score (nSPS) is 49.6. The molecule has 4 aliphatic carbocycles. The quantitative estimate of drug-likeness (QED) is 0.695. The van der Waals surface area contributed by atoms with Crippen LogP contribution in [0.25, 0.3) is 0 Å². The molecule has 3 saturated carbocycles. The Morgan fingerprint density at radius 1 is 1.23 bits per heavy atom. The zero-order chi connectivity index (χ0) is 22.3. The number of aliphatic hydroxyl groups excluding tert-OH is 1. The van der Waals surface area contributed by atoms with Crippen molar-refractivity contribution in [2.75, 3.05) is 0 Å². The van der Waals surface area contributed by atoms with Gasteiger partial charge in [0.1, 0.15) is 0 Å². The number of esters is 1. The van der Waals surface area contributed by atoms with Gasteiger partial charge in [0.2, 0.25) is 0 Å². The molecule has 0 aromatic carbocycles. The summed E-state index contributed by atoms with van der Waals surface area (Å²) in [5, 5.41) is 11.3. The lowest BCUT2D eigenvalue weighted by Crippen LogP contribution is -2.70. The Hall–Kier alpha value is -1.82. The van der Waals surface area contributed by atoms with Crippen molar-refractivity contribution in [3.8, 4) is 0 Å². The summed E-state index contributed by atoms with van der Waals surface area (Å²) in [6.45, 7) is 8.34. The van der Waals surface area contributed by atoms with E-state index in [9.17, 15) is 19.5 Å². The maximum Gasteiger partial charge on any atom is 0.303 e. The van der Waals surface area contributed by atoms with Gasteiger partial charge in [-0.05, 0) is 63.5 Å². The lowest BCUT2D eigenvalue weighted by molar-refractivity contribution is -0.226. The maximum atomic E-state index is 17.1. The zero-order valence-corrected chi connectivity index (χ0v) is 18.3. The van der Waals surface area contributed by atoms with E-state index in [0.29, 0.717) is 19.3 Å². The fourth-order valence-electron chi connectivity index (χ4n) is 7.65. The second kappa shape index (κ2) is 6.35. The molecule has 8 atom stereocenters. The van der Waals surface area contributed by atoms with Crippen LogP contribution >= 0.6 is 0 Å². The zero-order valence-electron chi connectivity index (χ0n) is 18.3. The number of Topliss-reactive ketones (excluding diaryl/α,β-unsaturated/α-hetero) is 1. The van der Waals surface area contributed by atoms with Crippen LogP contribution in [-0.2, 0) is 19.1 Å². The van der Waals surface area contributed by atoms with Gasteiger partial charge in [0.25, 0.3) is 0 Å². The lowest BCUT2D eigenvalue weighted by Gasteiger charge is -2.63. The second-order valence-electron chi connectivity index (χ2n) is 10.3. The number of hydrogen-bond donors (Lipinski definition) is 1. The number of halogens is 1. The van der Waals surface area contributed by atoms with E-state index < -0.39 is 40.1 Å². The average Bonchev–Trinajstić information content (AvgIpc) is 2.92. The van der Waals surface area contributed by atoms with Crippen LogP contribution < -0.4 is 0 Å². The molecular weight excluding hydrogens is 387 g/mol. The minimum Gasteiger partial charge on any atom is -0.451 e. The van der Waals surface area contributed by atoms with Crippen LogP contribution in [0.1, 0.15) is 60.3 Å².